The van der Waals surface area contributed by atoms with E-state index in [2.05, 4.69) is 6.07 Å². The van der Waals surface area contributed by atoms with Gasteiger partial charge in [-0.2, -0.15) is 10.4 Å². The molecule has 5 rings (SSSR count). The van der Waals surface area contributed by atoms with Crippen molar-refractivity contribution in [2.75, 3.05) is 11.3 Å². The number of sulfonamides is 1. The van der Waals surface area contributed by atoms with E-state index >= 15 is 0 Å². The molecule has 0 bridgehead atoms. The van der Waals surface area contributed by atoms with E-state index in [1.807, 2.05) is 9.73 Å². The first-order chi connectivity index (χ1) is 17.1. The van der Waals surface area contributed by atoms with E-state index < -0.39 is 15.9 Å². The Morgan fingerprint density at radius 2 is 1.92 bits per heavy atom. The molecule has 1 aliphatic carbocycles. The quantitative estimate of drug-likeness (QED) is 0.541. The summed E-state index contributed by atoms with van der Waals surface area (Å²) in [6.45, 7) is 0. The van der Waals surface area contributed by atoms with Crippen LogP contribution in [0.15, 0.2) is 65.8 Å². The number of carbonyl (C=O) groups excluding carboxylic acids is 1. The predicted octanol–water partition coefficient (Wildman–Crippen LogP) is 4.57. The molecule has 1 amide bonds. The number of fused-ring (bicyclic) bond motifs is 3. The van der Waals surface area contributed by atoms with E-state index in [0.29, 0.717) is 29.1 Å². The fraction of sp³-hybridized carbons (Fsp3) is 0.192. The molecule has 0 aromatic heterocycles. The summed E-state index contributed by atoms with van der Waals surface area (Å²) >= 11 is 6.32. The molecule has 10 heteroatoms. The van der Waals surface area contributed by atoms with Crippen molar-refractivity contribution < 1.29 is 17.6 Å². The Morgan fingerprint density at radius 3 is 2.58 bits per heavy atom. The summed E-state index contributed by atoms with van der Waals surface area (Å²) in [5.41, 5.74) is 4.77. The summed E-state index contributed by atoms with van der Waals surface area (Å²) in [5, 5.41) is 16.4. The van der Waals surface area contributed by atoms with E-state index in [-0.39, 0.29) is 23.3 Å². The number of hydrogen-bond acceptors (Lipinski definition) is 6. The Kier molecular flexibility index (Phi) is 6.02. The van der Waals surface area contributed by atoms with E-state index in [1.165, 1.54) is 12.1 Å². The summed E-state index contributed by atoms with van der Waals surface area (Å²) in [6.07, 6.45) is 2.30. The van der Waals surface area contributed by atoms with Crippen LogP contribution >= 0.6 is 11.6 Å². The van der Waals surface area contributed by atoms with Gasteiger partial charge < -0.3 is 0 Å². The second kappa shape index (κ2) is 9.04. The molecule has 2 aliphatic rings. The normalized spacial score (nSPS) is 18.6. The van der Waals surface area contributed by atoms with Crippen LogP contribution in [0.4, 0.5) is 10.1 Å². The number of anilines is 1. The van der Waals surface area contributed by atoms with Crippen LogP contribution in [-0.2, 0) is 16.4 Å². The topological polar surface area (TPSA) is 103 Å². The molecular weight excluding hydrogens is 503 g/mol. The fourth-order valence-corrected chi connectivity index (χ4v) is 5.51. The molecule has 3 aromatic carbocycles. The van der Waals surface area contributed by atoms with Crippen molar-refractivity contribution in [2.24, 2.45) is 11.0 Å². The van der Waals surface area contributed by atoms with Crippen LogP contribution in [0.1, 0.15) is 45.1 Å². The highest BCUT2D eigenvalue weighted by Crippen LogP contribution is 2.46. The lowest BCUT2D eigenvalue weighted by atomic mass is 9.77. The summed E-state index contributed by atoms with van der Waals surface area (Å²) in [4.78, 5) is 12.4. The zero-order valence-electron chi connectivity index (χ0n) is 19.1. The molecule has 1 heterocycles. The SMILES string of the molecule is CS(=O)(=O)NC(=O)c1ccc2c(c1)CC[C@H]1C2=NN(c2ccc(C#N)c(Cl)c2)[C@H]1c1ccc(F)cc1. The number of benzene rings is 3. The molecule has 2 atom stereocenters. The zero-order chi connectivity index (χ0) is 25.6. The third kappa shape index (κ3) is 4.45. The number of halogens is 2. The Bertz CT molecular complexity index is 1560. The number of amides is 1. The second-order valence-electron chi connectivity index (χ2n) is 8.82. The number of nitrogens with zero attached hydrogens (tertiary/aromatic N) is 3. The highest BCUT2D eigenvalue weighted by molar-refractivity contribution is 7.89. The van der Waals surface area contributed by atoms with E-state index in [4.69, 9.17) is 16.7 Å². The van der Waals surface area contributed by atoms with Gasteiger partial charge in [0.25, 0.3) is 5.91 Å². The van der Waals surface area contributed by atoms with Crippen LogP contribution in [0, 0.1) is 23.1 Å². The number of nitrogens with one attached hydrogen (secondary N) is 1. The Labute approximate surface area is 212 Å². The highest BCUT2D eigenvalue weighted by Gasteiger charge is 2.42. The number of rotatable bonds is 4. The molecule has 36 heavy (non-hydrogen) atoms. The van der Waals surface area contributed by atoms with Gasteiger partial charge in [0, 0.05) is 17.0 Å². The van der Waals surface area contributed by atoms with Crippen molar-refractivity contribution >= 4 is 38.9 Å². The van der Waals surface area contributed by atoms with Crippen LogP contribution < -0.4 is 9.73 Å². The minimum Gasteiger partial charge on any atom is -0.268 e. The Morgan fingerprint density at radius 1 is 1.17 bits per heavy atom. The molecule has 0 fully saturated rings. The molecule has 3 aromatic rings. The molecular formula is C26H20ClFN4O3S. The molecule has 0 spiro atoms. The molecule has 1 aliphatic heterocycles. The van der Waals surface area contributed by atoms with Crippen molar-refractivity contribution in [2.45, 2.75) is 18.9 Å². The van der Waals surface area contributed by atoms with Crippen molar-refractivity contribution in [3.8, 4) is 6.07 Å². The second-order valence-corrected chi connectivity index (χ2v) is 11.0. The van der Waals surface area contributed by atoms with Gasteiger partial charge in [-0.05, 0) is 66.4 Å². The van der Waals surface area contributed by atoms with Crippen molar-refractivity contribution in [1.29, 1.82) is 5.26 Å². The van der Waals surface area contributed by atoms with Gasteiger partial charge in [-0.15, -0.1) is 0 Å². The van der Waals surface area contributed by atoms with Crippen molar-refractivity contribution in [3.63, 3.8) is 0 Å². The van der Waals surface area contributed by atoms with Crippen LogP contribution in [0.5, 0.6) is 0 Å². The molecule has 0 saturated carbocycles. The summed E-state index contributed by atoms with van der Waals surface area (Å²) < 4.78 is 38.6. The average molecular weight is 523 g/mol. The maximum absolute atomic E-state index is 13.7. The van der Waals surface area contributed by atoms with E-state index in [9.17, 15) is 22.9 Å². The minimum atomic E-state index is -3.68. The van der Waals surface area contributed by atoms with E-state index in [0.717, 1.165) is 28.7 Å². The first-order valence-corrected chi connectivity index (χ1v) is 13.4. The van der Waals surface area contributed by atoms with Gasteiger partial charge in [0.1, 0.15) is 11.9 Å². The standard InChI is InChI=1S/C26H20ClFN4O3S/c1-36(34,35)31-26(33)17-6-10-21-16(12-17)5-11-22-24(21)30-32(20-9-4-18(14-29)23(27)13-20)25(22)15-2-7-19(28)8-3-15/h2-4,6-10,12-13,22,25H,5,11H2,1H3,(H,31,33)/t22-,25-/m0/s1. The first kappa shape index (κ1) is 24.0. The average Bonchev–Trinajstić information content (AvgIpc) is 3.23. The monoisotopic (exact) mass is 522 g/mol. The Hall–Kier alpha value is -3.74. The maximum atomic E-state index is 13.7. The summed E-state index contributed by atoms with van der Waals surface area (Å²) in [5.74, 6) is -1.04. The lowest BCUT2D eigenvalue weighted by molar-refractivity contribution is 0.0981. The van der Waals surface area contributed by atoms with Gasteiger partial charge in [-0.3, -0.25) is 9.80 Å². The summed E-state index contributed by atoms with van der Waals surface area (Å²) in [7, 11) is -3.68. The molecule has 182 valence electrons. The molecule has 0 unspecified atom stereocenters. The molecule has 1 N–H and O–H groups in total. The van der Waals surface area contributed by atoms with Gasteiger partial charge in [-0.1, -0.05) is 29.8 Å². The minimum absolute atomic E-state index is 0.0203. The predicted molar refractivity (Wildman–Crippen MR) is 135 cm³/mol. The van der Waals surface area contributed by atoms with Crippen molar-refractivity contribution in [3.05, 3.63) is 99.3 Å². The van der Waals surface area contributed by atoms with Gasteiger partial charge in [-0.25, -0.2) is 17.5 Å². The fourth-order valence-electron chi connectivity index (χ4n) is 4.84. The number of hydrogen-bond donors (Lipinski definition) is 1. The van der Waals surface area contributed by atoms with Gasteiger partial charge >= 0.3 is 0 Å². The smallest absolute Gasteiger partial charge is 0.264 e. The van der Waals surface area contributed by atoms with Gasteiger partial charge in [0.05, 0.1) is 34.3 Å². The van der Waals surface area contributed by atoms with Gasteiger partial charge in [0.2, 0.25) is 10.0 Å². The largest absolute Gasteiger partial charge is 0.268 e. The van der Waals surface area contributed by atoms with Crippen LogP contribution in [-0.4, -0.2) is 26.3 Å². The highest BCUT2D eigenvalue weighted by atomic mass is 35.5. The maximum Gasteiger partial charge on any atom is 0.264 e. The van der Waals surface area contributed by atoms with Crippen LogP contribution in [0.2, 0.25) is 5.02 Å². The lowest BCUT2D eigenvalue weighted by Gasteiger charge is -2.31. The summed E-state index contributed by atoms with van der Waals surface area (Å²) in [6, 6.07) is 18.3. The third-order valence-corrected chi connectivity index (χ3v) is 7.28. The number of aryl methyl sites for hydroxylation is 1. The number of hydrazone groups is 1. The van der Waals surface area contributed by atoms with Crippen LogP contribution in [0.3, 0.4) is 0 Å². The zero-order valence-corrected chi connectivity index (χ0v) is 20.6. The third-order valence-electron chi connectivity index (χ3n) is 6.41. The molecule has 0 radical (unpaired) electrons. The number of carbonyl (C=O) groups is 1. The lowest BCUT2D eigenvalue weighted by Crippen LogP contribution is -2.31. The van der Waals surface area contributed by atoms with E-state index in [1.54, 1.807) is 48.5 Å². The Balaban J connectivity index is 1.58. The van der Waals surface area contributed by atoms with Crippen LogP contribution in [0.25, 0.3) is 0 Å². The number of nitriles is 1. The molecule has 7 nitrogen and oxygen atoms in total. The van der Waals surface area contributed by atoms with Gasteiger partial charge in [0.15, 0.2) is 0 Å². The first-order valence-electron chi connectivity index (χ1n) is 11.1. The molecule has 0 saturated heterocycles. The van der Waals surface area contributed by atoms with Crippen molar-refractivity contribution in [1.82, 2.24) is 4.72 Å².